The molecule has 7 heteroatoms. The van der Waals surface area contributed by atoms with Crippen LogP contribution in [0.2, 0.25) is 10.0 Å². The average Bonchev–Trinajstić information content (AvgIpc) is 2.41. The normalized spacial score (nSPS) is 20.9. The number of rotatable bonds is 5. The van der Waals surface area contributed by atoms with Gasteiger partial charge in [-0.1, -0.05) is 23.2 Å². The fourth-order valence-electron chi connectivity index (χ4n) is 2.41. The summed E-state index contributed by atoms with van der Waals surface area (Å²) in [7, 11) is 0. The summed E-state index contributed by atoms with van der Waals surface area (Å²) in [5, 5.41) is 7.42. The summed E-state index contributed by atoms with van der Waals surface area (Å²) in [5.41, 5.74) is 0. The number of hydrogen-bond acceptors (Lipinski definition) is 3. The van der Waals surface area contributed by atoms with Gasteiger partial charge < -0.3 is 15.4 Å². The molecule has 0 radical (unpaired) electrons. The zero-order valence-electron chi connectivity index (χ0n) is 12.4. The van der Waals surface area contributed by atoms with Crippen LogP contribution in [0.4, 0.5) is 0 Å². The summed E-state index contributed by atoms with van der Waals surface area (Å²) in [6, 6.07) is 5.74. The Balaban J connectivity index is 0.00000242. The first-order valence-corrected chi connectivity index (χ1v) is 7.91. The molecule has 1 aliphatic rings. The third kappa shape index (κ3) is 6.21. The van der Waals surface area contributed by atoms with Crippen molar-refractivity contribution in [1.82, 2.24) is 10.6 Å². The van der Waals surface area contributed by atoms with Gasteiger partial charge in [0, 0.05) is 17.1 Å². The third-order valence-electron chi connectivity index (χ3n) is 3.47. The van der Waals surface area contributed by atoms with Crippen LogP contribution in [0.25, 0.3) is 0 Å². The molecular formula is C15H21Cl3N2O2. The Morgan fingerprint density at radius 2 is 2.23 bits per heavy atom. The van der Waals surface area contributed by atoms with Crippen LogP contribution >= 0.6 is 35.6 Å². The number of benzene rings is 1. The second-order valence-electron chi connectivity index (χ2n) is 5.32. The SMILES string of the molecule is CC1CC(NC(=O)CCOc2ccc(Cl)cc2Cl)CCN1.Cl. The molecule has 2 rings (SSSR count). The molecule has 0 bridgehead atoms. The molecule has 0 saturated carbocycles. The van der Waals surface area contributed by atoms with Gasteiger partial charge in [0.15, 0.2) is 0 Å². The quantitative estimate of drug-likeness (QED) is 0.838. The van der Waals surface area contributed by atoms with Gasteiger partial charge in [-0.05, 0) is 44.5 Å². The van der Waals surface area contributed by atoms with E-state index in [0.29, 0.717) is 34.9 Å². The molecule has 0 spiro atoms. The predicted molar refractivity (Wildman–Crippen MR) is 92.5 cm³/mol. The third-order valence-corrected chi connectivity index (χ3v) is 4.00. The van der Waals surface area contributed by atoms with Crippen LogP contribution in [0.1, 0.15) is 26.2 Å². The van der Waals surface area contributed by atoms with E-state index in [9.17, 15) is 4.79 Å². The van der Waals surface area contributed by atoms with Crippen LogP contribution in [-0.2, 0) is 4.79 Å². The van der Waals surface area contributed by atoms with Crippen LogP contribution in [0.5, 0.6) is 5.75 Å². The molecule has 1 fully saturated rings. The first kappa shape index (κ1) is 19.4. The fourth-order valence-corrected chi connectivity index (χ4v) is 2.87. The number of carbonyl (C=O) groups excluding carboxylic acids is 1. The number of amides is 1. The smallest absolute Gasteiger partial charge is 0.223 e. The summed E-state index contributed by atoms with van der Waals surface area (Å²) in [6.45, 7) is 3.38. The lowest BCUT2D eigenvalue weighted by atomic mass is 10.0. The minimum Gasteiger partial charge on any atom is -0.491 e. The van der Waals surface area contributed by atoms with Crippen molar-refractivity contribution in [2.75, 3.05) is 13.2 Å². The Kier molecular flexibility index (Phi) is 8.33. The molecule has 1 saturated heterocycles. The molecule has 1 amide bonds. The predicted octanol–water partition coefficient (Wildman–Crippen LogP) is 3.44. The maximum absolute atomic E-state index is 11.9. The van der Waals surface area contributed by atoms with Crippen LogP contribution < -0.4 is 15.4 Å². The highest BCUT2D eigenvalue weighted by molar-refractivity contribution is 6.35. The second-order valence-corrected chi connectivity index (χ2v) is 6.16. The van der Waals surface area contributed by atoms with E-state index in [4.69, 9.17) is 27.9 Å². The van der Waals surface area contributed by atoms with Crippen molar-refractivity contribution in [2.24, 2.45) is 0 Å². The Bertz CT molecular complexity index is 500. The van der Waals surface area contributed by atoms with Gasteiger partial charge in [0.2, 0.25) is 5.91 Å². The lowest BCUT2D eigenvalue weighted by Crippen LogP contribution is -2.46. The summed E-state index contributed by atoms with van der Waals surface area (Å²) in [5.74, 6) is 0.559. The van der Waals surface area contributed by atoms with Crippen LogP contribution in [0.15, 0.2) is 18.2 Å². The first-order chi connectivity index (χ1) is 10.0. The summed E-state index contributed by atoms with van der Waals surface area (Å²) >= 11 is 11.8. The van der Waals surface area contributed by atoms with Crippen molar-refractivity contribution in [2.45, 2.75) is 38.3 Å². The number of hydrogen-bond donors (Lipinski definition) is 2. The highest BCUT2D eigenvalue weighted by Crippen LogP contribution is 2.27. The van der Waals surface area contributed by atoms with Gasteiger partial charge in [0.05, 0.1) is 18.1 Å². The van der Waals surface area contributed by atoms with Gasteiger partial charge in [0.25, 0.3) is 0 Å². The van der Waals surface area contributed by atoms with Crippen molar-refractivity contribution in [3.63, 3.8) is 0 Å². The van der Waals surface area contributed by atoms with E-state index in [2.05, 4.69) is 17.6 Å². The topological polar surface area (TPSA) is 50.4 Å². The molecule has 2 unspecified atom stereocenters. The molecule has 2 N–H and O–H groups in total. The Hall–Kier alpha value is -0.680. The van der Waals surface area contributed by atoms with Crippen LogP contribution in [0.3, 0.4) is 0 Å². The van der Waals surface area contributed by atoms with E-state index < -0.39 is 0 Å². The second kappa shape index (κ2) is 9.46. The fraction of sp³-hybridized carbons (Fsp3) is 0.533. The van der Waals surface area contributed by atoms with E-state index in [-0.39, 0.29) is 24.4 Å². The molecule has 1 aromatic rings. The zero-order valence-corrected chi connectivity index (χ0v) is 14.7. The number of ether oxygens (including phenoxy) is 1. The van der Waals surface area contributed by atoms with Gasteiger partial charge in [-0.25, -0.2) is 0 Å². The maximum Gasteiger partial charge on any atom is 0.223 e. The van der Waals surface area contributed by atoms with Crippen LogP contribution in [0, 0.1) is 0 Å². The summed E-state index contributed by atoms with van der Waals surface area (Å²) in [6.07, 6.45) is 2.26. The summed E-state index contributed by atoms with van der Waals surface area (Å²) in [4.78, 5) is 11.9. The molecule has 1 aromatic carbocycles. The van der Waals surface area contributed by atoms with Crippen LogP contribution in [-0.4, -0.2) is 31.1 Å². The lowest BCUT2D eigenvalue weighted by Gasteiger charge is -2.28. The van der Waals surface area contributed by atoms with Crippen molar-refractivity contribution >= 4 is 41.5 Å². The van der Waals surface area contributed by atoms with Gasteiger partial charge in [-0.2, -0.15) is 0 Å². The molecule has 4 nitrogen and oxygen atoms in total. The van der Waals surface area contributed by atoms with Crippen molar-refractivity contribution in [3.8, 4) is 5.75 Å². The molecule has 22 heavy (non-hydrogen) atoms. The Labute approximate surface area is 147 Å². The van der Waals surface area contributed by atoms with Crippen molar-refractivity contribution in [1.29, 1.82) is 0 Å². The van der Waals surface area contributed by atoms with E-state index in [0.717, 1.165) is 19.4 Å². The maximum atomic E-state index is 11.9. The lowest BCUT2D eigenvalue weighted by molar-refractivity contribution is -0.122. The van der Waals surface area contributed by atoms with Crippen molar-refractivity contribution in [3.05, 3.63) is 28.2 Å². The molecule has 2 atom stereocenters. The Morgan fingerprint density at radius 3 is 2.91 bits per heavy atom. The molecule has 124 valence electrons. The summed E-state index contributed by atoms with van der Waals surface area (Å²) < 4.78 is 5.51. The number of halogens is 3. The molecule has 0 aromatic heterocycles. The minimum atomic E-state index is 0. The van der Waals surface area contributed by atoms with E-state index >= 15 is 0 Å². The van der Waals surface area contributed by atoms with Gasteiger partial charge in [0.1, 0.15) is 5.75 Å². The highest BCUT2D eigenvalue weighted by atomic mass is 35.5. The van der Waals surface area contributed by atoms with Gasteiger partial charge in [-0.3, -0.25) is 4.79 Å². The van der Waals surface area contributed by atoms with E-state index in [1.165, 1.54) is 0 Å². The van der Waals surface area contributed by atoms with Gasteiger partial charge >= 0.3 is 0 Å². The minimum absolute atomic E-state index is 0. The van der Waals surface area contributed by atoms with E-state index in [1.54, 1.807) is 18.2 Å². The molecule has 1 aliphatic heterocycles. The zero-order chi connectivity index (χ0) is 15.2. The molecule has 1 heterocycles. The van der Waals surface area contributed by atoms with E-state index in [1.807, 2.05) is 0 Å². The molecule has 0 aliphatic carbocycles. The van der Waals surface area contributed by atoms with Gasteiger partial charge in [-0.15, -0.1) is 12.4 Å². The number of nitrogens with one attached hydrogen (secondary N) is 2. The number of piperidine rings is 1. The number of carbonyl (C=O) groups is 1. The average molecular weight is 368 g/mol. The standard InChI is InChI=1S/C15H20Cl2N2O2.ClH/c1-10-8-12(4-6-18-10)19-15(20)5-7-21-14-3-2-11(16)9-13(14)17;/h2-3,9-10,12,18H,4-8H2,1H3,(H,19,20);1H. The molecular weight excluding hydrogens is 347 g/mol. The van der Waals surface area contributed by atoms with Crippen molar-refractivity contribution < 1.29 is 9.53 Å². The Morgan fingerprint density at radius 1 is 1.45 bits per heavy atom. The highest BCUT2D eigenvalue weighted by Gasteiger charge is 2.19. The largest absolute Gasteiger partial charge is 0.491 e. The first-order valence-electron chi connectivity index (χ1n) is 7.15. The monoisotopic (exact) mass is 366 g/mol.